The van der Waals surface area contributed by atoms with Gasteiger partial charge in [0.15, 0.2) is 0 Å². The molecule has 8 heterocycles. The number of sulfonamides is 4. The fourth-order valence-corrected chi connectivity index (χ4v) is 23.0. The summed E-state index contributed by atoms with van der Waals surface area (Å²) >= 11 is 29.8. The second kappa shape index (κ2) is 44.1. The molecule has 1 aliphatic rings. The SMILES string of the molecule is CCCNc1ccc2c(=O)n(-c3ccc(NC(=O)NS(=O)(=O)c4ccc(Cl)s4)cc3)cnc2c1.CN(C)CCNc1ccc2c(=O)n(-c3ccc(NC(=O)NS(=O)(=O)c4ccc(Cl)s4)cc3)cnc2c1.CNc1cc2ncn(-c3ccc(NC(=O)NS(=O)(=O)c4ccc(Cl)s4)cc3)c(=O)c2cc1Br.O=C(Nc1ccc(-n2cnc3cc(NCC4CC4)ccc3c2=O)cc1)NS(=O)(=O)c1ccc(Cl)s1. The second-order valence-electron chi connectivity index (χ2n) is 30.1. The zero-order chi connectivity index (χ0) is 98.5. The van der Waals surface area contributed by atoms with Crippen LogP contribution in [0.1, 0.15) is 26.2 Å². The molecule has 8 amide bonds. The van der Waals surface area contributed by atoms with Crippen molar-refractivity contribution in [2.75, 3.05) is 89.9 Å². The van der Waals surface area contributed by atoms with Crippen molar-refractivity contribution < 1.29 is 52.8 Å². The Hall–Kier alpha value is -13.2. The van der Waals surface area contributed by atoms with Gasteiger partial charge < -0.3 is 47.4 Å². The molecule has 8 aromatic carbocycles. The number of anilines is 8. The van der Waals surface area contributed by atoms with E-state index in [4.69, 9.17) is 46.4 Å². The third-order valence-electron chi connectivity index (χ3n) is 19.9. The maximum Gasteiger partial charge on any atom is 0.333 e. The number of urea groups is 4. The van der Waals surface area contributed by atoms with Crippen LogP contribution < -0.4 is 83.7 Å². The van der Waals surface area contributed by atoms with Gasteiger partial charge in [-0.15, -0.1) is 45.3 Å². The number of aromatic nitrogens is 8. The molecule has 1 saturated carbocycles. The Morgan fingerprint density at radius 3 is 0.920 bits per heavy atom. The lowest BCUT2D eigenvalue weighted by atomic mass is 10.2. The summed E-state index contributed by atoms with van der Waals surface area (Å²) in [6, 6.07) is 52.5. The first-order valence-corrected chi connectivity index (χ1v) is 52.4. The molecule has 0 bridgehead atoms. The molecule has 0 spiro atoms. The van der Waals surface area contributed by atoms with Crippen molar-refractivity contribution in [3.63, 3.8) is 0 Å². The molecule has 17 rings (SSSR count). The lowest BCUT2D eigenvalue weighted by molar-refractivity contribution is 0.255. The van der Waals surface area contributed by atoms with Crippen LogP contribution in [0.25, 0.3) is 66.4 Å². The number of rotatable bonds is 27. The third-order valence-corrected chi connectivity index (χ3v) is 32.8. The first kappa shape index (κ1) is 101. The molecular formula is C88H78BrCl4N21O16S8. The Bertz CT molecular complexity index is 8070. The molecule has 714 valence electrons. The van der Waals surface area contributed by atoms with Crippen molar-refractivity contribution in [3.05, 3.63) is 301 Å². The van der Waals surface area contributed by atoms with Crippen LogP contribution in [-0.4, -0.2) is 148 Å². The highest BCUT2D eigenvalue weighted by atomic mass is 79.9. The molecule has 37 nitrogen and oxygen atoms in total. The van der Waals surface area contributed by atoms with Crippen LogP contribution in [0, 0.1) is 5.92 Å². The van der Waals surface area contributed by atoms with Gasteiger partial charge in [0.05, 0.1) is 89.4 Å². The zero-order valence-electron chi connectivity index (χ0n) is 72.3. The smallest absolute Gasteiger partial charge is 0.333 e. The highest BCUT2D eigenvalue weighted by Gasteiger charge is 2.27. The number of likely N-dealkylation sites (N-methyl/N-ethyl adjacent to an activating group) is 1. The molecule has 0 unspecified atom stereocenters. The van der Waals surface area contributed by atoms with Crippen LogP contribution in [0.15, 0.2) is 278 Å². The molecule has 8 aromatic heterocycles. The normalized spacial score (nSPS) is 12.0. The average Bonchev–Trinajstić information content (AvgIpc) is 0.928. The number of carbonyl (C=O) groups excluding carboxylic acids is 4. The van der Waals surface area contributed by atoms with E-state index in [0.717, 1.165) is 111 Å². The van der Waals surface area contributed by atoms with Crippen LogP contribution in [0.4, 0.5) is 64.7 Å². The molecule has 0 aliphatic heterocycles. The van der Waals surface area contributed by atoms with E-state index in [9.17, 15) is 72.0 Å². The van der Waals surface area contributed by atoms with Gasteiger partial charge in [-0.2, -0.15) is 0 Å². The molecule has 1 aliphatic carbocycles. The first-order valence-electron chi connectivity index (χ1n) is 40.9. The maximum atomic E-state index is 13.0. The van der Waals surface area contributed by atoms with Gasteiger partial charge >= 0.3 is 24.1 Å². The largest absolute Gasteiger partial charge is 0.387 e. The van der Waals surface area contributed by atoms with Crippen LogP contribution in [0.5, 0.6) is 0 Å². The van der Waals surface area contributed by atoms with E-state index in [1.807, 2.05) is 69.4 Å². The number of nitrogens with zero attached hydrogens (tertiary/aromatic N) is 9. The summed E-state index contributed by atoms with van der Waals surface area (Å²) in [6.07, 6.45) is 9.27. The van der Waals surface area contributed by atoms with E-state index in [0.29, 0.717) is 106 Å². The number of hydrogen-bond acceptors (Lipinski definition) is 29. The van der Waals surface area contributed by atoms with Crippen molar-refractivity contribution >= 4 is 261 Å². The molecule has 1 fully saturated rings. The van der Waals surface area contributed by atoms with Crippen LogP contribution in [-0.2, 0) is 40.1 Å². The topological polar surface area (TPSA) is 492 Å². The number of fused-ring (bicyclic) bond motifs is 4. The van der Waals surface area contributed by atoms with Gasteiger partial charge in [-0.3, -0.25) is 37.4 Å². The molecule has 0 radical (unpaired) electrons. The Balaban J connectivity index is 0.000000147. The molecule has 16 aromatic rings. The fourth-order valence-electron chi connectivity index (χ4n) is 12.9. The minimum absolute atomic E-state index is 0.0676. The Morgan fingerprint density at radius 1 is 0.377 bits per heavy atom. The van der Waals surface area contributed by atoms with Gasteiger partial charge in [0.25, 0.3) is 62.3 Å². The summed E-state index contributed by atoms with van der Waals surface area (Å²) in [7, 11) is -10.4. The number of amides is 8. The number of halogens is 5. The number of nitrogens with one attached hydrogen (secondary N) is 12. The Morgan fingerprint density at radius 2 is 0.652 bits per heavy atom. The predicted molar refractivity (Wildman–Crippen MR) is 548 cm³/mol. The lowest BCUT2D eigenvalue weighted by Gasteiger charge is -2.12. The molecule has 138 heavy (non-hydrogen) atoms. The van der Waals surface area contributed by atoms with Crippen molar-refractivity contribution in [2.24, 2.45) is 5.92 Å². The van der Waals surface area contributed by atoms with Gasteiger partial charge in [0, 0.05) is 77.5 Å². The zero-order valence-corrected chi connectivity index (χ0v) is 83.4. The van der Waals surface area contributed by atoms with Crippen molar-refractivity contribution in [1.29, 1.82) is 0 Å². The van der Waals surface area contributed by atoms with E-state index in [1.54, 1.807) is 134 Å². The molecule has 0 saturated heterocycles. The van der Waals surface area contributed by atoms with Gasteiger partial charge in [-0.05, 0) is 268 Å². The molecule has 12 N–H and O–H groups in total. The molecular weight excluding hydrogens is 2090 g/mol. The fraction of sp³-hybridized carbons (Fsp3) is 0.136. The first-order chi connectivity index (χ1) is 65.8. The second-order valence-corrected chi connectivity index (χ2v) is 45.5. The number of carbonyl (C=O) groups is 4. The van der Waals surface area contributed by atoms with Crippen molar-refractivity contribution in [1.82, 2.24) is 62.0 Å². The quantitative estimate of drug-likeness (QED) is 0.0227. The summed E-state index contributed by atoms with van der Waals surface area (Å²) in [5.74, 6) is 0.736. The van der Waals surface area contributed by atoms with Crippen LogP contribution in [0.3, 0.4) is 0 Å². The summed E-state index contributed by atoms with van der Waals surface area (Å²) in [6.45, 7) is 5.47. The van der Waals surface area contributed by atoms with Crippen molar-refractivity contribution in [2.45, 2.75) is 43.0 Å². The molecule has 0 atom stereocenters. The third kappa shape index (κ3) is 25.8. The summed E-state index contributed by atoms with van der Waals surface area (Å²) in [5, 5.41) is 24.7. The minimum atomic E-state index is -4.04. The number of thiophene rings is 4. The van der Waals surface area contributed by atoms with E-state index >= 15 is 0 Å². The monoisotopic (exact) mass is 2160 g/mol. The van der Waals surface area contributed by atoms with Gasteiger partial charge in [-0.25, -0.2) is 91.7 Å². The van der Waals surface area contributed by atoms with Gasteiger partial charge in [0.2, 0.25) is 0 Å². The minimum Gasteiger partial charge on any atom is -0.387 e. The predicted octanol–water partition coefficient (Wildman–Crippen LogP) is 16.9. The standard InChI is InChI=1S/C23H23ClN6O4S2.C23H20ClN5O4S2.C22H20ClN5O4S2.C20H15BrClN5O4S2/c1-29(2)12-11-25-16-5-8-18-19(13-16)26-14-30(22(18)31)17-6-3-15(4-7-17)27-23(32)28-36(33,34)21-10-9-20(24)35-21;24-20-9-10-21(34-20)35(32,33)28-23(31)27-15-3-6-17(7-4-15)29-13-26-19-11-16(25-12-14-1-2-14)5-8-18(19)22(29)30;1-2-11-24-15-5-8-17-18(12-15)25-13-28(21(17)29)16-6-3-14(4-7-16)26-22(30)27-34(31,32)20-10-9-19(23)33-20;1-23-16-9-15-13(8-14(16)21)19(28)27(10-24-15)12-4-2-11(3-5-12)25-20(29)26-33(30,31)18-7-6-17(22)32-18/h3-10,13-14,25H,11-12H2,1-2H3,(H2,27,28,32);3-11,13-14,25H,1-2,12H2,(H2,27,28,31);3-10,12-13,24H,2,11H2,1H3,(H2,26,27,30);2-10,23H,1H3,(H2,25,26,29). The van der Waals surface area contributed by atoms with Crippen LogP contribution >= 0.6 is 108 Å². The van der Waals surface area contributed by atoms with E-state index in [1.165, 1.54) is 105 Å². The van der Waals surface area contributed by atoms with E-state index in [-0.39, 0.29) is 39.1 Å². The lowest BCUT2D eigenvalue weighted by Crippen LogP contribution is -2.33. The highest BCUT2D eigenvalue weighted by Crippen LogP contribution is 2.33. The number of benzene rings is 8. The van der Waals surface area contributed by atoms with Gasteiger partial charge in [0.1, 0.15) is 42.1 Å². The summed E-state index contributed by atoms with van der Waals surface area (Å²) in [4.78, 5) is 120. The van der Waals surface area contributed by atoms with Gasteiger partial charge in [-0.1, -0.05) is 53.3 Å². The summed E-state index contributed by atoms with van der Waals surface area (Å²) in [5.41, 5.74) is 8.41. The highest BCUT2D eigenvalue weighted by molar-refractivity contribution is 9.10. The average molecular weight is 2160 g/mol. The number of hydrogen-bond donors (Lipinski definition) is 12. The van der Waals surface area contributed by atoms with Crippen molar-refractivity contribution in [3.8, 4) is 22.7 Å². The Kier molecular flexibility index (Phi) is 32.2. The van der Waals surface area contributed by atoms with E-state index < -0.39 is 64.2 Å². The maximum absolute atomic E-state index is 13.0. The van der Waals surface area contributed by atoms with Crippen LogP contribution in [0.2, 0.25) is 17.3 Å². The van der Waals surface area contributed by atoms with E-state index in [2.05, 4.69) is 90.2 Å². The summed E-state index contributed by atoms with van der Waals surface area (Å²) < 4.78 is 113. The molecule has 50 heteroatoms. The Labute approximate surface area is 831 Å².